The summed E-state index contributed by atoms with van der Waals surface area (Å²) in [6.45, 7) is 0.752. The smallest absolute Gasteiger partial charge is 0.251 e. The summed E-state index contributed by atoms with van der Waals surface area (Å²) in [6.07, 6.45) is 10.9. The molecule has 4 rings (SSSR count). The number of hydrogen-bond donors (Lipinski definition) is 1. The number of aryl methyl sites for hydroxylation is 1. The van der Waals surface area contributed by atoms with Crippen molar-refractivity contribution in [3.05, 3.63) is 91.2 Å². The SMILES string of the molecule is O=C(NC(CCn1ccnc1)c1ccccc1)c1ccnc(-n2cnnc2)c1. The van der Waals surface area contributed by atoms with Crippen LogP contribution in [0.2, 0.25) is 0 Å². The molecule has 0 saturated heterocycles. The van der Waals surface area contributed by atoms with Gasteiger partial charge in [0, 0.05) is 30.7 Å². The van der Waals surface area contributed by atoms with Gasteiger partial charge in [0.2, 0.25) is 0 Å². The van der Waals surface area contributed by atoms with Crippen molar-refractivity contribution >= 4 is 5.91 Å². The molecule has 1 N–H and O–H groups in total. The molecule has 0 bridgehead atoms. The van der Waals surface area contributed by atoms with Crippen molar-refractivity contribution in [2.45, 2.75) is 19.0 Å². The molecule has 0 radical (unpaired) electrons. The first kappa shape index (κ1) is 17.6. The molecule has 1 atom stereocenters. The maximum Gasteiger partial charge on any atom is 0.251 e. The number of carbonyl (C=O) groups is 1. The Morgan fingerprint density at radius 1 is 1.04 bits per heavy atom. The monoisotopic (exact) mass is 373 g/mol. The fraction of sp³-hybridized carbons (Fsp3) is 0.150. The van der Waals surface area contributed by atoms with Crippen LogP contribution >= 0.6 is 0 Å². The van der Waals surface area contributed by atoms with Crippen molar-refractivity contribution in [2.24, 2.45) is 0 Å². The van der Waals surface area contributed by atoms with Gasteiger partial charge < -0.3 is 9.88 Å². The number of rotatable bonds is 7. The average molecular weight is 373 g/mol. The van der Waals surface area contributed by atoms with E-state index in [-0.39, 0.29) is 11.9 Å². The number of pyridine rings is 1. The Balaban J connectivity index is 1.52. The third-order valence-corrected chi connectivity index (χ3v) is 4.43. The van der Waals surface area contributed by atoms with Crippen molar-refractivity contribution in [1.29, 1.82) is 0 Å². The van der Waals surface area contributed by atoms with E-state index in [9.17, 15) is 4.79 Å². The Bertz CT molecular complexity index is 1010. The van der Waals surface area contributed by atoms with Crippen LogP contribution in [-0.4, -0.2) is 35.2 Å². The van der Waals surface area contributed by atoms with E-state index in [0.717, 1.165) is 18.5 Å². The summed E-state index contributed by atoms with van der Waals surface area (Å²) >= 11 is 0. The van der Waals surface area contributed by atoms with Gasteiger partial charge in [-0.1, -0.05) is 30.3 Å². The van der Waals surface area contributed by atoms with Crippen molar-refractivity contribution in [1.82, 2.24) is 34.6 Å². The number of nitrogens with zero attached hydrogens (tertiary/aromatic N) is 6. The molecule has 3 heterocycles. The van der Waals surface area contributed by atoms with Crippen LogP contribution < -0.4 is 5.32 Å². The maximum absolute atomic E-state index is 12.9. The Morgan fingerprint density at radius 2 is 1.86 bits per heavy atom. The van der Waals surface area contributed by atoms with E-state index in [1.807, 2.05) is 41.1 Å². The van der Waals surface area contributed by atoms with Gasteiger partial charge in [-0.2, -0.15) is 0 Å². The highest BCUT2D eigenvalue weighted by atomic mass is 16.1. The summed E-state index contributed by atoms with van der Waals surface area (Å²) in [5, 5.41) is 10.7. The number of amides is 1. The Labute approximate surface area is 161 Å². The predicted molar refractivity (Wildman–Crippen MR) is 103 cm³/mol. The second kappa shape index (κ2) is 8.26. The van der Waals surface area contributed by atoms with Crippen molar-refractivity contribution in [2.75, 3.05) is 0 Å². The first-order chi connectivity index (χ1) is 13.8. The van der Waals surface area contributed by atoms with Crippen LogP contribution in [-0.2, 0) is 6.54 Å². The number of aromatic nitrogens is 6. The van der Waals surface area contributed by atoms with Crippen LogP contribution in [0, 0.1) is 0 Å². The van der Waals surface area contributed by atoms with Gasteiger partial charge in [-0.25, -0.2) is 9.97 Å². The van der Waals surface area contributed by atoms with E-state index in [2.05, 4.69) is 25.5 Å². The Kier molecular flexibility index (Phi) is 5.19. The molecule has 0 saturated carbocycles. The van der Waals surface area contributed by atoms with E-state index < -0.39 is 0 Å². The van der Waals surface area contributed by atoms with E-state index in [1.54, 1.807) is 48.1 Å². The molecule has 140 valence electrons. The summed E-state index contributed by atoms with van der Waals surface area (Å²) in [7, 11) is 0. The zero-order valence-electron chi connectivity index (χ0n) is 15.1. The van der Waals surface area contributed by atoms with Crippen LogP contribution in [0.5, 0.6) is 0 Å². The molecule has 8 nitrogen and oxygen atoms in total. The summed E-state index contributed by atoms with van der Waals surface area (Å²) < 4.78 is 3.66. The van der Waals surface area contributed by atoms with E-state index in [0.29, 0.717) is 11.4 Å². The minimum absolute atomic E-state index is 0.123. The van der Waals surface area contributed by atoms with Gasteiger partial charge in [-0.15, -0.1) is 10.2 Å². The maximum atomic E-state index is 12.9. The van der Waals surface area contributed by atoms with Crippen LogP contribution in [0.25, 0.3) is 5.82 Å². The lowest BCUT2D eigenvalue weighted by molar-refractivity contribution is 0.0933. The summed E-state index contributed by atoms with van der Waals surface area (Å²) in [5.74, 6) is 0.434. The molecule has 1 unspecified atom stereocenters. The van der Waals surface area contributed by atoms with Gasteiger partial charge >= 0.3 is 0 Å². The van der Waals surface area contributed by atoms with Gasteiger partial charge in [-0.3, -0.25) is 9.36 Å². The molecule has 0 aliphatic rings. The molecule has 4 aromatic rings. The number of benzene rings is 1. The second-order valence-electron chi connectivity index (χ2n) is 6.30. The molecule has 1 aromatic carbocycles. The van der Waals surface area contributed by atoms with Gasteiger partial charge in [0.25, 0.3) is 5.91 Å². The predicted octanol–water partition coefficient (Wildman–Crippen LogP) is 2.42. The van der Waals surface area contributed by atoms with E-state index in [4.69, 9.17) is 0 Å². The molecule has 28 heavy (non-hydrogen) atoms. The normalized spacial score (nSPS) is 11.9. The molecule has 3 aromatic heterocycles. The van der Waals surface area contributed by atoms with E-state index in [1.165, 1.54) is 0 Å². The summed E-state index contributed by atoms with van der Waals surface area (Å²) in [4.78, 5) is 21.2. The van der Waals surface area contributed by atoms with Gasteiger partial charge in [0.05, 0.1) is 12.4 Å². The zero-order valence-corrected chi connectivity index (χ0v) is 15.1. The molecule has 0 aliphatic carbocycles. The van der Waals surface area contributed by atoms with Crippen molar-refractivity contribution < 1.29 is 4.79 Å². The standard InChI is InChI=1S/C20H19N7O/c28-20(17-6-8-22-19(12-17)27-14-23-24-15-27)25-18(16-4-2-1-3-5-16)7-10-26-11-9-21-13-26/h1-6,8-9,11-15,18H,7,10H2,(H,25,28). The largest absolute Gasteiger partial charge is 0.345 e. The lowest BCUT2D eigenvalue weighted by atomic mass is 10.0. The van der Waals surface area contributed by atoms with Gasteiger partial charge in [0.1, 0.15) is 18.5 Å². The topological polar surface area (TPSA) is 90.5 Å². The molecular formula is C20H19N7O. The van der Waals surface area contributed by atoms with Crippen molar-refractivity contribution in [3.63, 3.8) is 0 Å². The molecule has 0 spiro atoms. The lowest BCUT2D eigenvalue weighted by Gasteiger charge is -2.20. The third kappa shape index (κ3) is 4.12. The molecular weight excluding hydrogens is 354 g/mol. The number of imidazole rings is 1. The Hall–Kier alpha value is -3.81. The zero-order chi connectivity index (χ0) is 19.2. The number of carbonyl (C=O) groups excluding carboxylic acids is 1. The fourth-order valence-electron chi connectivity index (χ4n) is 2.97. The summed E-state index contributed by atoms with van der Waals surface area (Å²) in [5.41, 5.74) is 1.59. The molecule has 0 fully saturated rings. The average Bonchev–Trinajstić information content (AvgIpc) is 3.46. The lowest BCUT2D eigenvalue weighted by Crippen LogP contribution is -2.29. The first-order valence-corrected chi connectivity index (χ1v) is 8.92. The first-order valence-electron chi connectivity index (χ1n) is 8.92. The number of nitrogens with one attached hydrogen (secondary N) is 1. The highest BCUT2D eigenvalue weighted by Crippen LogP contribution is 2.19. The third-order valence-electron chi connectivity index (χ3n) is 4.43. The van der Waals surface area contributed by atoms with Crippen LogP contribution in [0.3, 0.4) is 0 Å². The molecule has 1 amide bonds. The minimum atomic E-state index is -0.156. The van der Waals surface area contributed by atoms with Crippen LogP contribution in [0.4, 0.5) is 0 Å². The van der Waals surface area contributed by atoms with Crippen molar-refractivity contribution in [3.8, 4) is 5.82 Å². The second-order valence-corrected chi connectivity index (χ2v) is 6.30. The van der Waals surface area contributed by atoms with Crippen LogP contribution in [0.1, 0.15) is 28.4 Å². The van der Waals surface area contributed by atoms with Crippen LogP contribution in [0.15, 0.2) is 80.0 Å². The number of hydrogen-bond acceptors (Lipinski definition) is 5. The fourth-order valence-corrected chi connectivity index (χ4v) is 2.97. The molecule has 0 aliphatic heterocycles. The van der Waals surface area contributed by atoms with Gasteiger partial charge in [-0.05, 0) is 24.1 Å². The van der Waals surface area contributed by atoms with E-state index >= 15 is 0 Å². The summed E-state index contributed by atoms with van der Waals surface area (Å²) in [6, 6.07) is 13.2. The minimum Gasteiger partial charge on any atom is -0.345 e. The highest BCUT2D eigenvalue weighted by molar-refractivity contribution is 5.94. The van der Waals surface area contributed by atoms with Gasteiger partial charge in [0.15, 0.2) is 0 Å². The molecule has 8 heteroatoms. The quantitative estimate of drug-likeness (QED) is 0.537. The highest BCUT2D eigenvalue weighted by Gasteiger charge is 2.16. The Morgan fingerprint density at radius 3 is 2.61 bits per heavy atom.